The Balaban J connectivity index is 1.94. The molecule has 0 bridgehead atoms. The van der Waals surface area contributed by atoms with Crippen LogP contribution < -0.4 is 9.54 Å². The summed E-state index contributed by atoms with van der Waals surface area (Å²) in [6, 6.07) is 14.5. The van der Waals surface area contributed by atoms with Crippen LogP contribution >= 0.6 is 11.3 Å². The Bertz CT molecular complexity index is 958. The van der Waals surface area contributed by atoms with E-state index in [4.69, 9.17) is 0 Å². The third-order valence-corrected chi connectivity index (χ3v) is 4.56. The van der Waals surface area contributed by atoms with Crippen LogP contribution in [0.1, 0.15) is 11.1 Å². The predicted molar refractivity (Wildman–Crippen MR) is 100 cm³/mol. The van der Waals surface area contributed by atoms with Crippen LogP contribution in [-0.4, -0.2) is 24.5 Å². The van der Waals surface area contributed by atoms with Gasteiger partial charge in [-0.05, 0) is 36.8 Å². The molecule has 0 saturated heterocycles. The number of alkyl halides is 2. The van der Waals surface area contributed by atoms with Crippen molar-refractivity contribution in [3.05, 3.63) is 69.8 Å². The Morgan fingerprint density at radius 3 is 2.38 bits per heavy atom. The van der Waals surface area contributed by atoms with Gasteiger partial charge in [-0.1, -0.05) is 29.8 Å². The minimum Gasteiger partial charge on any atom is -0.435 e. The number of ether oxygens (including phenoxy) is 1. The Morgan fingerprint density at radius 1 is 1.08 bits per heavy atom. The zero-order valence-corrected chi connectivity index (χ0v) is 15.1. The van der Waals surface area contributed by atoms with E-state index in [0.29, 0.717) is 0 Å². The fourth-order valence-electron chi connectivity index (χ4n) is 2.34. The summed E-state index contributed by atoms with van der Waals surface area (Å²) in [5, 5.41) is 6.47. The van der Waals surface area contributed by atoms with Crippen LogP contribution in [0.5, 0.6) is 5.75 Å². The number of nitrogens with zero attached hydrogens (tertiary/aromatic N) is 3. The molecule has 4 nitrogen and oxygen atoms in total. The molecule has 0 unspecified atom stereocenters. The van der Waals surface area contributed by atoms with E-state index in [9.17, 15) is 8.78 Å². The number of hydrogen-bond donors (Lipinski definition) is 0. The summed E-state index contributed by atoms with van der Waals surface area (Å²) >= 11 is 1.45. The Kier molecular flexibility index (Phi) is 5.58. The lowest BCUT2D eigenvalue weighted by molar-refractivity contribution is -0.0498. The van der Waals surface area contributed by atoms with Gasteiger partial charge in [0.05, 0.1) is 11.9 Å². The summed E-state index contributed by atoms with van der Waals surface area (Å²) in [5.41, 5.74) is 3.81. The SMILES string of the molecule is CN=c1scc(-c2ccc(OC(F)F)cc2)n1/N=C\c1ccc(C)cc1. The normalized spacial score (nSPS) is 12.3. The van der Waals surface area contributed by atoms with Crippen LogP contribution in [0.2, 0.25) is 0 Å². The quantitative estimate of drug-likeness (QED) is 0.605. The standard InChI is InChI=1S/C19H17F2N3OS/c1-13-3-5-14(6-4-13)11-23-24-17(12-26-19(24)22-2)15-7-9-16(10-8-15)25-18(20)21/h3-12,18H,1-2H3/b22-19?,23-11-. The van der Waals surface area contributed by atoms with Crippen molar-refractivity contribution in [2.24, 2.45) is 10.1 Å². The molecular formula is C19H17F2N3OS. The van der Waals surface area contributed by atoms with Gasteiger partial charge in [0.25, 0.3) is 0 Å². The fourth-order valence-corrected chi connectivity index (χ4v) is 3.15. The molecule has 0 atom stereocenters. The minimum absolute atomic E-state index is 0.120. The molecule has 0 aliphatic carbocycles. The van der Waals surface area contributed by atoms with E-state index in [1.807, 2.05) is 36.6 Å². The average molecular weight is 373 g/mol. The molecule has 0 N–H and O–H groups in total. The highest BCUT2D eigenvalue weighted by molar-refractivity contribution is 7.07. The number of halogens is 2. The first-order valence-corrected chi connectivity index (χ1v) is 8.74. The summed E-state index contributed by atoms with van der Waals surface area (Å²) < 4.78 is 30.7. The minimum atomic E-state index is -2.84. The van der Waals surface area contributed by atoms with Gasteiger partial charge in [-0.25, -0.2) is 4.68 Å². The molecule has 0 fully saturated rings. The molecule has 2 aromatic carbocycles. The predicted octanol–water partition coefficient (Wildman–Crippen LogP) is 4.54. The van der Waals surface area contributed by atoms with E-state index >= 15 is 0 Å². The molecule has 0 spiro atoms. The second-order valence-corrected chi connectivity index (χ2v) is 6.33. The summed E-state index contributed by atoms with van der Waals surface area (Å²) in [6.45, 7) is -0.807. The van der Waals surface area contributed by atoms with E-state index in [2.05, 4.69) is 14.8 Å². The second-order valence-electron chi connectivity index (χ2n) is 5.50. The van der Waals surface area contributed by atoms with Crippen LogP contribution in [-0.2, 0) is 0 Å². The molecule has 3 aromatic rings. The van der Waals surface area contributed by atoms with Gasteiger partial charge in [0.1, 0.15) is 5.75 Å². The first-order chi connectivity index (χ1) is 12.6. The number of aryl methyl sites for hydroxylation is 1. The Morgan fingerprint density at radius 2 is 1.77 bits per heavy atom. The van der Waals surface area contributed by atoms with Crippen LogP contribution in [0.4, 0.5) is 8.78 Å². The van der Waals surface area contributed by atoms with Crippen molar-refractivity contribution in [2.75, 3.05) is 7.05 Å². The molecule has 1 aromatic heterocycles. The maximum atomic E-state index is 12.3. The highest BCUT2D eigenvalue weighted by Gasteiger charge is 2.09. The van der Waals surface area contributed by atoms with E-state index in [0.717, 1.165) is 21.6 Å². The number of aromatic nitrogens is 1. The van der Waals surface area contributed by atoms with E-state index in [1.54, 1.807) is 30.1 Å². The van der Waals surface area contributed by atoms with E-state index in [-0.39, 0.29) is 5.75 Å². The maximum Gasteiger partial charge on any atom is 0.387 e. The van der Waals surface area contributed by atoms with Gasteiger partial charge >= 0.3 is 6.61 Å². The molecule has 7 heteroatoms. The number of hydrogen-bond acceptors (Lipinski definition) is 4. The first-order valence-electron chi connectivity index (χ1n) is 7.86. The second kappa shape index (κ2) is 8.05. The zero-order valence-electron chi connectivity index (χ0n) is 14.3. The number of thiazole rings is 1. The highest BCUT2D eigenvalue weighted by atomic mass is 32.1. The molecular weight excluding hydrogens is 356 g/mol. The third-order valence-electron chi connectivity index (χ3n) is 3.65. The van der Waals surface area contributed by atoms with Crippen LogP contribution in [0.15, 0.2) is 64.0 Å². The van der Waals surface area contributed by atoms with E-state index in [1.165, 1.54) is 29.0 Å². The summed E-state index contributed by atoms with van der Waals surface area (Å²) in [7, 11) is 1.70. The van der Waals surface area contributed by atoms with Crippen molar-refractivity contribution in [2.45, 2.75) is 13.5 Å². The highest BCUT2D eigenvalue weighted by Crippen LogP contribution is 2.24. The average Bonchev–Trinajstić information content (AvgIpc) is 3.04. The fraction of sp³-hybridized carbons (Fsp3) is 0.158. The lowest BCUT2D eigenvalue weighted by Crippen LogP contribution is -2.11. The lowest BCUT2D eigenvalue weighted by atomic mass is 10.2. The molecule has 0 amide bonds. The van der Waals surface area contributed by atoms with Gasteiger partial charge in [-0.2, -0.15) is 13.9 Å². The van der Waals surface area contributed by atoms with Crippen molar-refractivity contribution in [1.29, 1.82) is 0 Å². The van der Waals surface area contributed by atoms with Gasteiger partial charge in [-0.15, -0.1) is 11.3 Å². The van der Waals surface area contributed by atoms with Crippen LogP contribution in [0.25, 0.3) is 11.3 Å². The first kappa shape index (κ1) is 18.0. The molecule has 0 radical (unpaired) electrons. The lowest BCUT2D eigenvalue weighted by Gasteiger charge is -2.06. The summed E-state index contributed by atoms with van der Waals surface area (Å²) in [6.07, 6.45) is 1.76. The number of benzene rings is 2. The van der Waals surface area contributed by atoms with Crippen molar-refractivity contribution in [3.63, 3.8) is 0 Å². The molecule has 0 aliphatic rings. The van der Waals surface area contributed by atoms with Gasteiger partial charge in [0.15, 0.2) is 0 Å². The van der Waals surface area contributed by atoms with Gasteiger partial charge in [-0.3, -0.25) is 4.99 Å². The molecule has 134 valence electrons. The van der Waals surface area contributed by atoms with Crippen molar-refractivity contribution >= 4 is 17.6 Å². The summed E-state index contributed by atoms with van der Waals surface area (Å²) in [5.74, 6) is 0.120. The zero-order chi connectivity index (χ0) is 18.5. The van der Waals surface area contributed by atoms with Gasteiger partial charge < -0.3 is 4.74 Å². The molecule has 0 aliphatic heterocycles. The van der Waals surface area contributed by atoms with Crippen molar-refractivity contribution in [3.8, 4) is 17.0 Å². The summed E-state index contributed by atoms with van der Waals surface area (Å²) in [4.78, 5) is 4.98. The largest absolute Gasteiger partial charge is 0.435 e. The van der Waals surface area contributed by atoms with Crippen LogP contribution in [0.3, 0.4) is 0 Å². The van der Waals surface area contributed by atoms with Crippen molar-refractivity contribution < 1.29 is 13.5 Å². The smallest absolute Gasteiger partial charge is 0.387 e. The van der Waals surface area contributed by atoms with Crippen molar-refractivity contribution in [1.82, 2.24) is 4.68 Å². The van der Waals surface area contributed by atoms with Gasteiger partial charge in [0.2, 0.25) is 4.80 Å². The molecule has 0 saturated carbocycles. The van der Waals surface area contributed by atoms with E-state index < -0.39 is 6.61 Å². The topological polar surface area (TPSA) is 38.9 Å². The molecule has 26 heavy (non-hydrogen) atoms. The molecule has 1 heterocycles. The third kappa shape index (κ3) is 4.23. The van der Waals surface area contributed by atoms with Gasteiger partial charge in [0, 0.05) is 18.0 Å². The number of rotatable bonds is 5. The maximum absolute atomic E-state index is 12.3. The van der Waals surface area contributed by atoms with Crippen LogP contribution in [0, 0.1) is 6.92 Å². The molecule has 3 rings (SSSR count). The Hall–Kier alpha value is -2.80. The Labute approximate surface area is 153 Å². The monoisotopic (exact) mass is 373 g/mol.